The zero-order chi connectivity index (χ0) is 18.8. The van der Waals surface area contributed by atoms with Crippen LogP contribution >= 0.6 is 0 Å². The van der Waals surface area contributed by atoms with Gasteiger partial charge in [0.15, 0.2) is 0 Å². The number of carbonyl (C=O) groups is 3. The second-order valence-corrected chi connectivity index (χ2v) is 6.02. The number of carbonyl (C=O) groups excluding carboxylic acids is 2. The van der Waals surface area contributed by atoms with Crippen molar-refractivity contribution in [1.82, 2.24) is 5.32 Å². The van der Waals surface area contributed by atoms with Gasteiger partial charge in [-0.1, -0.05) is 6.08 Å². The standard InChI is InChI=1S/C16H26FNO6/c1-5-23-14(21)11(7-6-10-17)8-9-12(13(19)20)18-15(22)24-16(2,3)4/h8,12H,5-7,9-10H2,1-4H3,(H,18,22)(H,19,20)/t12-/m0/s1. The van der Waals surface area contributed by atoms with Gasteiger partial charge in [-0.25, -0.2) is 14.4 Å². The Hall–Kier alpha value is -2.12. The number of alkyl halides is 1. The summed E-state index contributed by atoms with van der Waals surface area (Å²) in [7, 11) is 0. The summed E-state index contributed by atoms with van der Waals surface area (Å²) in [4.78, 5) is 34.7. The van der Waals surface area contributed by atoms with Gasteiger partial charge < -0.3 is 19.9 Å². The molecule has 0 heterocycles. The summed E-state index contributed by atoms with van der Waals surface area (Å²) in [6.07, 6.45) is 0.596. The van der Waals surface area contributed by atoms with Crippen LogP contribution in [-0.2, 0) is 19.1 Å². The zero-order valence-corrected chi connectivity index (χ0v) is 14.6. The molecule has 7 nitrogen and oxygen atoms in total. The van der Waals surface area contributed by atoms with Gasteiger partial charge in [-0.05, 0) is 47.0 Å². The fraction of sp³-hybridized carbons (Fsp3) is 0.688. The van der Waals surface area contributed by atoms with Crippen LogP contribution in [0, 0.1) is 0 Å². The Bertz CT molecular complexity index is 470. The smallest absolute Gasteiger partial charge is 0.408 e. The lowest BCUT2D eigenvalue weighted by molar-refractivity contribution is -0.140. The Balaban J connectivity index is 4.95. The lowest BCUT2D eigenvalue weighted by atomic mass is 10.1. The molecule has 0 aromatic carbocycles. The minimum absolute atomic E-state index is 0.127. The summed E-state index contributed by atoms with van der Waals surface area (Å²) in [6, 6.07) is -1.27. The summed E-state index contributed by atoms with van der Waals surface area (Å²) >= 11 is 0. The highest BCUT2D eigenvalue weighted by Gasteiger charge is 2.23. The third-order valence-corrected chi connectivity index (χ3v) is 2.71. The number of carboxylic acids is 1. The van der Waals surface area contributed by atoms with Crippen LogP contribution in [0.4, 0.5) is 9.18 Å². The fourth-order valence-corrected chi connectivity index (χ4v) is 1.70. The second kappa shape index (κ2) is 10.6. The highest BCUT2D eigenvalue weighted by atomic mass is 19.1. The van der Waals surface area contributed by atoms with Crippen molar-refractivity contribution in [2.45, 2.75) is 58.6 Å². The lowest BCUT2D eigenvalue weighted by Gasteiger charge is -2.21. The quantitative estimate of drug-likeness (QED) is 0.491. The number of esters is 1. The number of hydrogen-bond donors (Lipinski definition) is 2. The Labute approximate surface area is 141 Å². The van der Waals surface area contributed by atoms with E-state index in [1.807, 2.05) is 0 Å². The van der Waals surface area contributed by atoms with E-state index in [2.05, 4.69) is 5.32 Å². The number of rotatable bonds is 9. The number of halogens is 1. The Morgan fingerprint density at radius 1 is 1.29 bits per heavy atom. The molecule has 24 heavy (non-hydrogen) atoms. The Morgan fingerprint density at radius 3 is 2.38 bits per heavy atom. The van der Waals surface area contributed by atoms with Crippen molar-refractivity contribution in [3.63, 3.8) is 0 Å². The second-order valence-electron chi connectivity index (χ2n) is 6.02. The van der Waals surface area contributed by atoms with Gasteiger partial charge in [-0.15, -0.1) is 0 Å². The predicted octanol–water partition coefficient (Wildman–Crippen LogP) is 2.59. The molecule has 0 saturated heterocycles. The van der Waals surface area contributed by atoms with E-state index in [1.54, 1.807) is 27.7 Å². The molecule has 0 unspecified atom stereocenters. The van der Waals surface area contributed by atoms with Crippen LogP contribution in [0.15, 0.2) is 11.6 Å². The molecular formula is C16H26FNO6. The summed E-state index contributed by atoms with van der Waals surface area (Å²) in [6.45, 7) is 6.14. The first-order valence-electron chi connectivity index (χ1n) is 7.75. The normalized spacial score (nSPS) is 13.1. The molecule has 1 amide bonds. The average Bonchev–Trinajstić information content (AvgIpc) is 2.43. The molecule has 8 heteroatoms. The predicted molar refractivity (Wildman–Crippen MR) is 85.3 cm³/mol. The maximum atomic E-state index is 12.3. The zero-order valence-electron chi connectivity index (χ0n) is 14.6. The molecule has 0 bridgehead atoms. The van der Waals surface area contributed by atoms with Gasteiger partial charge in [0.1, 0.15) is 11.6 Å². The van der Waals surface area contributed by atoms with Crippen molar-refractivity contribution < 1.29 is 33.4 Å². The van der Waals surface area contributed by atoms with Crippen LogP contribution in [-0.4, -0.2) is 48.1 Å². The van der Waals surface area contributed by atoms with Gasteiger partial charge in [0.25, 0.3) is 0 Å². The summed E-state index contributed by atoms with van der Waals surface area (Å²) in [5.74, 6) is -1.89. The van der Waals surface area contributed by atoms with E-state index in [0.29, 0.717) is 0 Å². The van der Waals surface area contributed by atoms with E-state index < -0.39 is 36.3 Å². The molecule has 0 aromatic rings. The number of nitrogens with one attached hydrogen (secondary N) is 1. The van der Waals surface area contributed by atoms with Crippen LogP contribution in [0.2, 0.25) is 0 Å². The maximum absolute atomic E-state index is 12.3. The van der Waals surface area contributed by atoms with Crippen molar-refractivity contribution >= 4 is 18.0 Å². The fourth-order valence-electron chi connectivity index (χ4n) is 1.70. The molecule has 0 radical (unpaired) electrons. The number of carboxylic acid groups (broad SMARTS) is 1. The SMILES string of the molecule is CCOC(=O)C(=CC[C@H](NC(=O)OC(C)(C)C)C(=O)O)CCCF. The number of ether oxygens (including phenoxy) is 2. The molecule has 138 valence electrons. The number of hydrogen-bond acceptors (Lipinski definition) is 5. The first-order chi connectivity index (χ1) is 11.1. The molecular weight excluding hydrogens is 321 g/mol. The Kier molecular flexibility index (Phi) is 9.68. The third-order valence-electron chi connectivity index (χ3n) is 2.71. The van der Waals surface area contributed by atoms with Gasteiger partial charge in [-0.2, -0.15) is 0 Å². The first kappa shape index (κ1) is 21.9. The summed E-state index contributed by atoms with van der Waals surface area (Å²) in [5.41, 5.74) is -0.577. The minimum Gasteiger partial charge on any atom is -0.480 e. The lowest BCUT2D eigenvalue weighted by Crippen LogP contribution is -2.43. The van der Waals surface area contributed by atoms with Crippen LogP contribution in [0.1, 0.15) is 47.0 Å². The molecule has 2 N–H and O–H groups in total. The van der Waals surface area contributed by atoms with Crippen LogP contribution in [0.3, 0.4) is 0 Å². The molecule has 0 spiro atoms. The highest BCUT2D eigenvalue weighted by Crippen LogP contribution is 2.12. The molecule has 1 atom stereocenters. The van der Waals surface area contributed by atoms with E-state index in [0.717, 1.165) is 0 Å². The molecule has 0 saturated carbocycles. The molecule has 0 rings (SSSR count). The van der Waals surface area contributed by atoms with Gasteiger partial charge in [0, 0.05) is 5.57 Å². The van der Waals surface area contributed by atoms with Crippen molar-refractivity contribution in [3.8, 4) is 0 Å². The van der Waals surface area contributed by atoms with E-state index in [4.69, 9.17) is 9.47 Å². The number of aliphatic carboxylic acids is 1. The number of alkyl carbamates (subject to hydrolysis) is 1. The van der Waals surface area contributed by atoms with E-state index in [1.165, 1.54) is 6.08 Å². The molecule has 0 aromatic heterocycles. The van der Waals surface area contributed by atoms with Crippen molar-refractivity contribution in [2.24, 2.45) is 0 Å². The van der Waals surface area contributed by atoms with E-state index in [-0.39, 0.29) is 31.4 Å². The number of amides is 1. The third kappa shape index (κ3) is 9.81. The molecule has 0 fully saturated rings. The summed E-state index contributed by atoms with van der Waals surface area (Å²) < 4.78 is 22.2. The van der Waals surface area contributed by atoms with E-state index in [9.17, 15) is 23.9 Å². The van der Waals surface area contributed by atoms with Crippen molar-refractivity contribution in [3.05, 3.63) is 11.6 Å². The monoisotopic (exact) mass is 347 g/mol. The van der Waals surface area contributed by atoms with E-state index >= 15 is 0 Å². The van der Waals surface area contributed by atoms with Gasteiger partial charge >= 0.3 is 18.0 Å². The topological polar surface area (TPSA) is 102 Å². The van der Waals surface area contributed by atoms with Crippen LogP contribution in [0.5, 0.6) is 0 Å². The van der Waals surface area contributed by atoms with Gasteiger partial charge in [-0.3, -0.25) is 4.39 Å². The van der Waals surface area contributed by atoms with Crippen LogP contribution in [0.25, 0.3) is 0 Å². The molecule has 0 aliphatic carbocycles. The van der Waals surface area contributed by atoms with Gasteiger partial charge in [0.2, 0.25) is 0 Å². The van der Waals surface area contributed by atoms with Gasteiger partial charge in [0.05, 0.1) is 13.3 Å². The largest absolute Gasteiger partial charge is 0.480 e. The first-order valence-corrected chi connectivity index (χ1v) is 7.75. The van der Waals surface area contributed by atoms with Crippen molar-refractivity contribution in [1.29, 1.82) is 0 Å². The highest BCUT2D eigenvalue weighted by molar-refractivity contribution is 5.88. The maximum Gasteiger partial charge on any atom is 0.408 e. The minimum atomic E-state index is -1.27. The summed E-state index contributed by atoms with van der Waals surface area (Å²) in [5, 5.41) is 11.4. The Morgan fingerprint density at radius 2 is 1.92 bits per heavy atom. The van der Waals surface area contributed by atoms with Crippen LogP contribution < -0.4 is 5.32 Å². The molecule has 0 aliphatic rings. The average molecular weight is 347 g/mol. The van der Waals surface area contributed by atoms with Crippen molar-refractivity contribution in [2.75, 3.05) is 13.3 Å². The molecule has 0 aliphatic heterocycles.